The second kappa shape index (κ2) is 12.9. The Morgan fingerprint density at radius 3 is 1.52 bits per heavy atom. The molecule has 0 spiro atoms. The summed E-state index contributed by atoms with van der Waals surface area (Å²) in [4.78, 5) is 0. The molecule has 0 radical (unpaired) electrons. The van der Waals surface area contributed by atoms with Crippen molar-refractivity contribution in [1.29, 1.82) is 0 Å². The summed E-state index contributed by atoms with van der Waals surface area (Å²) in [6.07, 6.45) is 0. The van der Waals surface area contributed by atoms with Crippen molar-refractivity contribution in [2.24, 2.45) is 7.05 Å². The number of benzene rings is 5. The Morgan fingerprint density at radius 1 is 0.524 bits per heavy atom. The predicted octanol–water partition coefficient (Wildman–Crippen LogP) is 5.10. The molecule has 0 saturated carbocycles. The molecule has 1 aromatic heterocycles. The van der Waals surface area contributed by atoms with Crippen LogP contribution in [0.2, 0.25) is 0 Å². The van der Waals surface area contributed by atoms with Crippen LogP contribution >= 0.6 is 31.9 Å². The first-order valence-electron chi connectivity index (χ1n) is 12.8. The Kier molecular flexibility index (Phi) is 9.20. The van der Waals surface area contributed by atoms with Crippen LogP contribution in [0.3, 0.4) is 0 Å². The molecular weight excluding hydrogens is 682 g/mol. The van der Waals surface area contributed by atoms with Gasteiger partial charge in [0.25, 0.3) is 0 Å². The van der Waals surface area contributed by atoms with Crippen LogP contribution in [0.15, 0.2) is 136 Å². The first-order chi connectivity index (χ1) is 20.1. The van der Waals surface area contributed by atoms with Gasteiger partial charge in [0.15, 0.2) is 0 Å². The monoisotopic (exact) mass is 703 g/mol. The van der Waals surface area contributed by atoms with Gasteiger partial charge in [0, 0.05) is 26.5 Å². The van der Waals surface area contributed by atoms with Crippen LogP contribution in [-0.4, -0.2) is 0 Å². The lowest BCUT2D eigenvalue weighted by atomic mass is 9.86. The third-order valence-corrected chi connectivity index (χ3v) is 7.95. The molecule has 6 rings (SSSR count). The summed E-state index contributed by atoms with van der Waals surface area (Å²) in [5.74, 6) is 0. The first-order valence-corrected chi connectivity index (χ1v) is 15.7. The average Bonchev–Trinajstić information content (AvgIpc) is 2.98. The van der Waals surface area contributed by atoms with E-state index < -0.39 is 10.2 Å². The summed E-state index contributed by atoms with van der Waals surface area (Å²) in [5.41, 5.74) is 10.8. The highest BCUT2D eigenvalue weighted by Crippen LogP contribution is 2.43. The molecule has 0 aliphatic carbocycles. The van der Waals surface area contributed by atoms with Gasteiger partial charge in [-0.1, -0.05) is 98.6 Å². The van der Waals surface area contributed by atoms with Crippen molar-refractivity contribution < 1.29 is 33.4 Å². The summed E-state index contributed by atoms with van der Waals surface area (Å²) >= 11 is 7.24. The van der Waals surface area contributed by atoms with Crippen LogP contribution in [-0.2, 0) is 7.05 Å². The lowest BCUT2D eigenvalue weighted by Gasteiger charge is -2.18. The maximum atomic E-state index is 8.49. The predicted molar refractivity (Wildman–Crippen MR) is 162 cm³/mol. The Balaban J connectivity index is 0.000000652. The molecule has 0 unspecified atom stereocenters. The Morgan fingerprint density at radius 2 is 1.00 bits per heavy atom. The number of aryl methyl sites for hydroxylation is 1. The molecule has 210 valence electrons. The van der Waals surface area contributed by atoms with Gasteiger partial charge in [-0.2, -0.15) is 4.57 Å². The van der Waals surface area contributed by atoms with E-state index in [9.17, 15) is 0 Å². The van der Waals surface area contributed by atoms with E-state index in [1.165, 1.54) is 55.5 Å². The number of aromatic nitrogens is 1. The topological polar surface area (TPSA) is 96.1 Å². The Bertz CT molecular complexity index is 1770. The zero-order chi connectivity index (χ0) is 29.9. The second-order valence-corrected chi connectivity index (χ2v) is 12.1. The van der Waals surface area contributed by atoms with Gasteiger partial charge in [0.05, 0.1) is 5.56 Å². The Hall–Kier alpha value is -3.40. The van der Waals surface area contributed by atoms with Gasteiger partial charge >= 0.3 is 0 Å². The number of fused-ring (bicyclic) bond motifs is 1. The van der Waals surface area contributed by atoms with Crippen LogP contribution in [0.5, 0.6) is 0 Å². The van der Waals surface area contributed by atoms with Gasteiger partial charge in [0.1, 0.15) is 7.05 Å². The molecular formula is C34H24Br2ClNO4. The maximum Gasteiger partial charge on any atom is 0.214 e. The van der Waals surface area contributed by atoms with Gasteiger partial charge in [-0.15, -0.1) is 10.2 Å². The minimum atomic E-state index is -4.94. The van der Waals surface area contributed by atoms with Crippen molar-refractivity contribution in [3.05, 3.63) is 136 Å². The van der Waals surface area contributed by atoms with Crippen molar-refractivity contribution >= 4 is 42.8 Å². The highest BCUT2D eigenvalue weighted by Gasteiger charge is 2.24. The number of nitrogens with zero attached hydrogens (tertiary/aromatic N) is 1. The van der Waals surface area contributed by atoms with Gasteiger partial charge < -0.3 is 0 Å². The highest BCUT2D eigenvalue weighted by molar-refractivity contribution is 9.10. The van der Waals surface area contributed by atoms with E-state index in [-0.39, 0.29) is 0 Å². The molecule has 42 heavy (non-hydrogen) atoms. The number of hydrogen-bond acceptors (Lipinski definition) is 4. The van der Waals surface area contributed by atoms with Crippen LogP contribution in [0.1, 0.15) is 0 Å². The molecule has 0 aliphatic heterocycles. The number of rotatable bonds is 4. The molecule has 0 amide bonds. The quantitative estimate of drug-likeness (QED) is 0.239. The van der Waals surface area contributed by atoms with E-state index in [0.717, 1.165) is 8.95 Å². The van der Waals surface area contributed by atoms with Crippen molar-refractivity contribution in [2.45, 2.75) is 0 Å². The molecule has 0 N–H and O–H groups in total. The lowest BCUT2D eigenvalue weighted by Crippen LogP contribution is -2.68. The smallest absolute Gasteiger partial charge is 0.214 e. The minimum absolute atomic E-state index is 1.07. The van der Waals surface area contributed by atoms with Crippen molar-refractivity contribution in [3.63, 3.8) is 0 Å². The van der Waals surface area contributed by atoms with Gasteiger partial charge in [-0.3, -0.25) is 0 Å². The maximum absolute atomic E-state index is 8.49. The van der Waals surface area contributed by atoms with E-state index in [1.54, 1.807) is 0 Å². The molecule has 0 bridgehead atoms. The highest BCUT2D eigenvalue weighted by atomic mass is 79.9. The molecule has 6 aromatic rings. The van der Waals surface area contributed by atoms with Gasteiger partial charge in [0.2, 0.25) is 11.2 Å². The fraction of sp³-hybridized carbons (Fsp3) is 0.0294. The van der Waals surface area contributed by atoms with Gasteiger partial charge in [-0.25, -0.2) is 18.6 Å². The lowest BCUT2D eigenvalue weighted by molar-refractivity contribution is -2.00. The third kappa shape index (κ3) is 7.14. The largest absolute Gasteiger partial charge is 0.222 e. The van der Waals surface area contributed by atoms with E-state index in [2.05, 4.69) is 171 Å². The van der Waals surface area contributed by atoms with Crippen molar-refractivity contribution in [1.82, 2.24) is 0 Å². The van der Waals surface area contributed by atoms with E-state index in [1.807, 2.05) is 0 Å². The normalized spacial score (nSPS) is 11.2. The molecule has 0 aliphatic rings. The number of para-hydroxylation sites is 1. The Labute approximate surface area is 263 Å². The van der Waals surface area contributed by atoms with Crippen molar-refractivity contribution in [2.75, 3.05) is 0 Å². The van der Waals surface area contributed by atoms with Crippen LogP contribution in [0.25, 0.3) is 55.5 Å². The van der Waals surface area contributed by atoms with Crippen molar-refractivity contribution in [3.8, 4) is 44.6 Å². The van der Waals surface area contributed by atoms with E-state index in [4.69, 9.17) is 18.6 Å². The summed E-state index contributed by atoms with van der Waals surface area (Å²) in [5, 5.41) is 1.23. The zero-order valence-electron chi connectivity index (χ0n) is 22.3. The summed E-state index contributed by atoms with van der Waals surface area (Å²) in [6, 6.07) is 45.6. The third-order valence-electron chi connectivity index (χ3n) is 6.89. The summed E-state index contributed by atoms with van der Waals surface area (Å²) in [6.45, 7) is 0. The average molecular weight is 706 g/mol. The molecule has 0 atom stereocenters. The minimum Gasteiger partial charge on any atom is -0.222 e. The molecule has 1 heterocycles. The first kappa shape index (κ1) is 30.1. The number of pyridine rings is 1. The summed E-state index contributed by atoms with van der Waals surface area (Å²) in [7, 11) is -2.78. The molecule has 5 nitrogen and oxygen atoms in total. The van der Waals surface area contributed by atoms with E-state index in [0.29, 0.717) is 0 Å². The SMILES string of the molecule is C[n+]1c(-c2c(-c3ccc(Br)cc3)cc(-c3ccccc3)cc2-c2ccc(Br)cc2)ccc2ccccc21.[O-][Cl+3]([O-])([O-])[O-]. The fourth-order valence-electron chi connectivity index (χ4n) is 5.02. The van der Waals surface area contributed by atoms with Crippen LogP contribution < -0.4 is 23.2 Å². The molecule has 0 fully saturated rings. The molecule has 0 saturated heterocycles. The van der Waals surface area contributed by atoms with E-state index >= 15 is 0 Å². The fourth-order valence-corrected chi connectivity index (χ4v) is 5.55. The summed E-state index contributed by atoms with van der Waals surface area (Å²) < 4.78 is 38.4. The van der Waals surface area contributed by atoms with Crippen LogP contribution in [0, 0.1) is 10.2 Å². The molecule has 8 heteroatoms. The number of halogens is 3. The zero-order valence-corrected chi connectivity index (χ0v) is 26.3. The molecule has 5 aromatic carbocycles. The van der Waals surface area contributed by atoms with Crippen LogP contribution in [0.4, 0.5) is 0 Å². The van der Waals surface area contributed by atoms with Gasteiger partial charge in [-0.05, 0) is 81.9 Å². The standard InChI is InChI=1S/C34H24Br2N.ClHO4/c1-37-32-10-6-5-9-26(32)15-20-33(37)34-30(24-11-16-28(35)17-12-24)21-27(23-7-3-2-4-8-23)22-31(34)25-13-18-29(36)19-14-25;2-1(3,4)5/h2-22H,1H3;(H,2,3,4,5)/q+1;/p-1. The number of hydrogen-bond donors (Lipinski definition) is 0. The second-order valence-electron chi connectivity index (χ2n) is 9.54.